The summed E-state index contributed by atoms with van der Waals surface area (Å²) in [5.74, 6) is 0. The van der Waals surface area contributed by atoms with Crippen LogP contribution in [-0.4, -0.2) is 21.5 Å². The van der Waals surface area contributed by atoms with Gasteiger partial charge in [-0.1, -0.05) is 67.1 Å². The van der Waals surface area contributed by atoms with Crippen LogP contribution in [0.5, 0.6) is 0 Å². The van der Waals surface area contributed by atoms with Gasteiger partial charge in [0.1, 0.15) is 6.04 Å². The molecule has 25 heavy (non-hydrogen) atoms. The lowest BCUT2D eigenvalue weighted by molar-refractivity contribution is 0.520. The Morgan fingerprint density at radius 3 is 1.76 bits per heavy atom. The second kappa shape index (κ2) is 10.8. The maximum atomic E-state index is 10.9. The van der Waals surface area contributed by atoms with Crippen molar-refractivity contribution in [2.75, 3.05) is 13.1 Å². The molecule has 0 aromatic heterocycles. The van der Waals surface area contributed by atoms with Gasteiger partial charge in [-0.2, -0.15) is 12.8 Å². The molecule has 0 radical (unpaired) electrons. The van der Waals surface area contributed by atoms with Crippen LogP contribution in [0.4, 0.5) is 0 Å². The normalized spacial score (nSPS) is 16.0. The zero-order valence-corrected chi connectivity index (χ0v) is 15.0. The molecule has 6 heteroatoms. The van der Waals surface area contributed by atoms with Crippen LogP contribution >= 0.6 is 0 Å². The molecule has 1 aliphatic rings. The van der Waals surface area contributed by atoms with E-state index in [9.17, 15) is 8.42 Å². The first-order valence-corrected chi connectivity index (χ1v) is 9.58. The van der Waals surface area contributed by atoms with E-state index in [-0.39, 0.29) is 0 Å². The third kappa shape index (κ3) is 6.78. The summed E-state index contributed by atoms with van der Waals surface area (Å²) in [6.45, 7) is 2.50. The van der Waals surface area contributed by atoms with Gasteiger partial charge < -0.3 is 11.1 Å². The van der Waals surface area contributed by atoms with E-state index < -0.39 is 22.6 Å². The van der Waals surface area contributed by atoms with Crippen molar-refractivity contribution in [2.24, 2.45) is 10.1 Å². The van der Waals surface area contributed by atoms with E-state index in [1.165, 1.54) is 32.4 Å². The van der Waals surface area contributed by atoms with Gasteiger partial charge >= 0.3 is 10.5 Å². The summed E-state index contributed by atoms with van der Waals surface area (Å²) in [7, 11) is -2.50. The van der Waals surface area contributed by atoms with Crippen molar-refractivity contribution >= 4 is 10.5 Å². The number of nitrogens with one attached hydrogen (secondary N) is 1. The van der Waals surface area contributed by atoms with Crippen LogP contribution in [0.2, 0.25) is 0 Å². The minimum absolute atomic E-state index is 0.499. The number of hydrogen-bond acceptors (Lipinski definition) is 5. The Balaban J connectivity index is 0.000000316. The van der Waals surface area contributed by atoms with Crippen LogP contribution in [0.3, 0.4) is 0 Å². The predicted molar refractivity (Wildman–Crippen MR) is 101 cm³/mol. The van der Waals surface area contributed by atoms with E-state index in [0.29, 0.717) is 0 Å². The van der Waals surface area contributed by atoms with E-state index in [1.807, 2.05) is 60.7 Å². The molecule has 0 aliphatic carbocycles. The minimum atomic E-state index is -2.50. The van der Waals surface area contributed by atoms with Gasteiger partial charge in [-0.3, -0.25) is 0 Å². The lowest BCUT2D eigenvalue weighted by atomic mass is 9.95. The van der Waals surface area contributed by atoms with Gasteiger partial charge in [0.15, 0.2) is 0 Å². The van der Waals surface area contributed by atoms with Crippen LogP contribution in [0, 0.1) is 0 Å². The third-order valence-corrected chi connectivity index (χ3v) is 4.47. The summed E-state index contributed by atoms with van der Waals surface area (Å²) in [6, 6.07) is 17.4. The molecule has 1 aliphatic heterocycles. The highest BCUT2D eigenvalue weighted by molar-refractivity contribution is 7.61. The lowest BCUT2D eigenvalue weighted by Gasteiger charge is -2.19. The average Bonchev–Trinajstić information content (AvgIpc) is 2.69. The monoisotopic (exact) mass is 359 g/mol. The summed E-state index contributed by atoms with van der Waals surface area (Å²) in [5.41, 5.74) is 7.79. The van der Waals surface area contributed by atoms with Gasteiger partial charge in [-0.05, 0) is 37.1 Å². The van der Waals surface area contributed by atoms with Crippen LogP contribution in [0.25, 0.3) is 0 Å². The highest BCUT2D eigenvalue weighted by Gasteiger charge is 2.21. The van der Waals surface area contributed by atoms with Crippen LogP contribution < -0.4 is 11.1 Å². The van der Waals surface area contributed by atoms with Gasteiger partial charge in [0.05, 0.1) is 6.04 Å². The Morgan fingerprint density at radius 1 is 0.840 bits per heavy atom. The van der Waals surface area contributed by atoms with Gasteiger partial charge in [0.25, 0.3) is 0 Å². The lowest BCUT2D eigenvalue weighted by Crippen LogP contribution is -2.21. The maximum absolute atomic E-state index is 10.9. The fourth-order valence-corrected chi connectivity index (χ4v) is 3.17. The molecule has 0 amide bonds. The molecular formula is C19H25N3O2S. The Hall–Kier alpha value is -2.02. The molecular weight excluding hydrogens is 334 g/mol. The standard InChI is InChI=1S/C14H14N2O2S.C5H11N/c15-13(11-7-3-1-4-8-11)14(16-19(17)18)12-9-5-2-6-10-12;1-2-4-6-5-3-1/h1-10,13-14H,15H2;6H,1-5H2/t13?,14-;/m0./s1. The fourth-order valence-electron chi connectivity index (χ4n) is 2.74. The minimum Gasteiger partial charge on any atom is -0.322 e. The molecule has 0 spiro atoms. The largest absolute Gasteiger partial charge is 0.322 e. The molecule has 1 saturated heterocycles. The van der Waals surface area contributed by atoms with Crippen molar-refractivity contribution < 1.29 is 8.42 Å². The smallest absolute Gasteiger partial charge is 0.311 e. The summed E-state index contributed by atoms with van der Waals surface area (Å²) in [4.78, 5) is 0. The zero-order chi connectivity index (χ0) is 17.9. The number of hydrogen-bond donors (Lipinski definition) is 2. The van der Waals surface area contributed by atoms with E-state index >= 15 is 0 Å². The molecule has 0 saturated carbocycles. The quantitative estimate of drug-likeness (QED) is 0.877. The SMILES string of the molecule is C1CCNCC1.NC(c1ccccc1)[C@@H](N=S(=O)=O)c1ccccc1. The van der Waals surface area contributed by atoms with Crippen molar-refractivity contribution in [3.8, 4) is 0 Å². The van der Waals surface area contributed by atoms with Gasteiger partial charge in [-0.25, -0.2) is 0 Å². The Bertz CT molecular complexity index is 725. The van der Waals surface area contributed by atoms with Crippen molar-refractivity contribution in [1.82, 2.24) is 5.32 Å². The molecule has 5 nitrogen and oxygen atoms in total. The number of rotatable bonds is 4. The van der Waals surface area contributed by atoms with Crippen molar-refractivity contribution in [1.29, 1.82) is 0 Å². The van der Waals surface area contributed by atoms with E-state index in [2.05, 4.69) is 9.68 Å². The molecule has 1 heterocycles. The molecule has 2 aromatic rings. The maximum Gasteiger partial charge on any atom is 0.311 e. The van der Waals surface area contributed by atoms with Crippen LogP contribution in [0.15, 0.2) is 65.0 Å². The predicted octanol–water partition coefficient (Wildman–Crippen LogP) is 3.25. The first kappa shape index (κ1) is 19.3. The topological polar surface area (TPSA) is 84.5 Å². The number of nitrogens with two attached hydrogens (primary N) is 1. The Kier molecular flexibility index (Phi) is 8.31. The van der Waals surface area contributed by atoms with Crippen molar-refractivity contribution in [2.45, 2.75) is 31.3 Å². The second-order valence-electron chi connectivity index (χ2n) is 5.93. The first-order valence-electron chi connectivity index (χ1n) is 8.55. The average molecular weight is 359 g/mol. The molecule has 1 unspecified atom stereocenters. The molecule has 134 valence electrons. The summed E-state index contributed by atoms with van der Waals surface area (Å²) >= 11 is 0. The number of piperidine rings is 1. The summed E-state index contributed by atoms with van der Waals surface area (Å²) in [5, 5.41) is 3.28. The van der Waals surface area contributed by atoms with Gasteiger partial charge in [-0.15, -0.1) is 0 Å². The number of benzene rings is 2. The van der Waals surface area contributed by atoms with Crippen molar-refractivity contribution in [3.05, 3.63) is 71.8 Å². The van der Waals surface area contributed by atoms with E-state index in [0.717, 1.165) is 11.1 Å². The Labute approximate surface area is 151 Å². The van der Waals surface area contributed by atoms with E-state index in [4.69, 9.17) is 5.73 Å². The zero-order valence-electron chi connectivity index (χ0n) is 14.2. The molecule has 0 bridgehead atoms. The highest BCUT2D eigenvalue weighted by Crippen LogP contribution is 2.29. The van der Waals surface area contributed by atoms with Crippen LogP contribution in [-0.2, 0) is 10.5 Å². The van der Waals surface area contributed by atoms with Gasteiger partial charge in [0.2, 0.25) is 0 Å². The van der Waals surface area contributed by atoms with Crippen molar-refractivity contribution in [3.63, 3.8) is 0 Å². The molecule has 3 rings (SSSR count). The Morgan fingerprint density at radius 2 is 1.36 bits per heavy atom. The third-order valence-electron chi connectivity index (χ3n) is 4.07. The second-order valence-corrected chi connectivity index (χ2v) is 6.57. The van der Waals surface area contributed by atoms with Crippen LogP contribution in [0.1, 0.15) is 42.5 Å². The highest BCUT2D eigenvalue weighted by atomic mass is 32.2. The molecule has 3 N–H and O–H groups in total. The summed E-state index contributed by atoms with van der Waals surface area (Å²) < 4.78 is 25.5. The molecule has 2 atom stereocenters. The number of nitrogens with zero attached hydrogens (tertiary/aromatic N) is 1. The summed E-state index contributed by atoms with van der Waals surface area (Å²) in [6.07, 6.45) is 4.22. The van der Waals surface area contributed by atoms with E-state index in [1.54, 1.807) is 0 Å². The molecule has 2 aromatic carbocycles. The fraction of sp³-hybridized carbons (Fsp3) is 0.368. The molecule has 1 fully saturated rings. The van der Waals surface area contributed by atoms with Gasteiger partial charge in [0, 0.05) is 0 Å². The first-order chi connectivity index (χ1) is 12.2.